The monoisotopic (exact) mass is 712 g/mol. The largest absolute Gasteiger partial charge is 0.510 e. The number of benzene rings is 2. The van der Waals surface area contributed by atoms with Gasteiger partial charge in [0.15, 0.2) is 14.1 Å². The van der Waals surface area contributed by atoms with E-state index >= 15 is 0 Å². The molecule has 2 atom stereocenters. The number of alkyl halides is 1. The van der Waals surface area contributed by atoms with Crippen LogP contribution in [-0.2, 0) is 14.0 Å². The molecule has 0 unspecified atom stereocenters. The van der Waals surface area contributed by atoms with Gasteiger partial charge in [-0.25, -0.2) is 0 Å². The summed E-state index contributed by atoms with van der Waals surface area (Å²) in [6.45, 7) is 25.4. The SMILES string of the molecule is COc1c2c(c3c4c(c(Br)c(C)cc14)O[Si](C(C)(C)C)(C(C)(C)C)O3)C(=O)[C@@H](O[Si](C)(C)C(C)(C)C)C[C@@H]2OC(=O)CCl. The summed E-state index contributed by atoms with van der Waals surface area (Å²) in [7, 11) is -4.09. The van der Waals surface area contributed by atoms with Gasteiger partial charge in [0, 0.05) is 27.4 Å². The van der Waals surface area contributed by atoms with E-state index in [2.05, 4.69) is 91.3 Å². The number of methoxy groups -OCH3 is 1. The molecule has 1 heterocycles. The number of esters is 1. The summed E-state index contributed by atoms with van der Waals surface area (Å²) in [5.41, 5.74) is 1.76. The standard InChI is InChI=1S/C32H46BrClO7Si2/c1-17-14-18-22-28(40-43(31(5,6)7,32(8,9)10)41-29(22)25(17)33)24-23(27(18)37-11)19(38-21(35)16-34)15-20(26(24)36)39-42(12,13)30(2,3)4/h14,19-20H,15-16H2,1-13H3/t19-,20-/m0/s1. The molecule has 0 fully saturated rings. The van der Waals surface area contributed by atoms with E-state index in [4.69, 9.17) is 34.4 Å². The van der Waals surface area contributed by atoms with Crippen LogP contribution in [-0.4, -0.2) is 47.7 Å². The van der Waals surface area contributed by atoms with E-state index in [1.54, 1.807) is 7.11 Å². The number of ketones is 1. The van der Waals surface area contributed by atoms with Gasteiger partial charge in [-0.2, -0.15) is 0 Å². The molecule has 4 rings (SSSR count). The minimum absolute atomic E-state index is 0.147. The molecule has 1 aliphatic carbocycles. The molecule has 0 aromatic heterocycles. The fraction of sp³-hybridized carbons (Fsp3) is 0.625. The van der Waals surface area contributed by atoms with Crippen LogP contribution < -0.4 is 13.6 Å². The predicted molar refractivity (Wildman–Crippen MR) is 180 cm³/mol. The lowest BCUT2D eigenvalue weighted by atomic mass is 9.82. The Hall–Kier alpha value is -1.60. The van der Waals surface area contributed by atoms with Crippen molar-refractivity contribution in [3.05, 3.63) is 27.2 Å². The first-order valence-corrected chi connectivity index (χ1v) is 20.8. The van der Waals surface area contributed by atoms with Crippen LogP contribution in [0.1, 0.15) is 96.3 Å². The molecule has 0 bridgehead atoms. The van der Waals surface area contributed by atoms with Crippen molar-refractivity contribution in [1.82, 2.24) is 0 Å². The van der Waals surface area contributed by atoms with Gasteiger partial charge in [-0.15, -0.1) is 11.6 Å². The Balaban J connectivity index is 2.16. The minimum atomic E-state index is -3.23. The summed E-state index contributed by atoms with van der Waals surface area (Å²) < 4.78 is 33.9. The third kappa shape index (κ3) is 5.47. The number of halogens is 2. The molecule has 2 aliphatic rings. The zero-order valence-electron chi connectivity index (χ0n) is 27.8. The quantitative estimate of drug-likeness (QED) is 0.174. The van der Waals surface area contributed by atoms with E-state index in [0.29, 0.717) is 33.8 Å². The molecule has 0 saturated carbocycles. The summed E-state index contributed by atoms with van der Waals surface area (Å²) >= 11 is 9.74. The second-order valence-electron chi connectivity index (χ2n) is 15.3. The molecule has 0 radical (unpaired) electrons. The molecule has 2 aromatic carbocycles. The summed E-state index contributed by atoms with van der Waals surface area (Å²) in [6.07, 6.45) is -1.52. The van der Waals surface area contributed by atoms with Crippen LogP contribution in [0.5, 0.6) is 17.2 Å². The average molecular weight is 714 g/mol. The fourth-order valence-corrected chi connectivity index (χ4v) is 12.6. The Bertz CT molecular complexity index is 1470. The van der Waals surface area contributed by atoms with E-state index in [9.17, 15) is 9.59 Å². The van der Waals surface area contributed by atoms with E-state index in [1.807, 2.05) is 13.0 Å². The van der Waals surface area contributed by atoms with E-state index < -0.39 is 45.1 Å². The zero-order chi connectivity index (χ0) is 32.7. The van der Waals surface area contributed by atoms with E-state index in [-0.39, 0.29) is 23.1 Å². The van der Waals surface area contributed by atoms with Crippen LogP contribution >= 0.6 is 27.5 Å². The smallest absolute Gasteiger partial charge is 0.471 e. The third-order valence-corrected chi connectivity index (χ3v) is 19.8. The molecule has 11 heteroatoms. The number of ether oxygens (including phenoxy) is 2. The lowest BCUT2D eigenvalue weighted by Crippen LogP contribution is -2.63. The molecular weight excluding hydrogens is 668 g/mol. The third-order valence-electron chi connectivity index (χ3n) is 9.20. The summed E-state index contributed by atoms with van der Waals surface area (Å²) in [5.74, 6) is 0.432. The molecule has 0 saturated heterocycles. The fourth-order valence-electron chi connectivity index (χ4n) is 6.20. The first-order chi connectivity index (χ1) is 19.5. The maximum absolute atomic E-state index is 14.8. The number of aryl methyl sites for hydroxylation is 1. The second kappa shape index (κ2) is 11.0. The van der Waals surface area contributed by atoms with E-state index in [0.717, 1.165) is 15.4 Å². The van der Waals surface area contributed by atoms with Gasteiger partial charge in [0.1, 0.15) is 35.3 Å². The number of hydrogen-bond acceptors (Lipinski definition) is 7. The topological polar surface area (TPSA) is 80.3 Å². The number of carbonyl (C=O) groups excluding carboxylic acids is 2. The molecule has 238 valence electrons. The Kier molecular flexibility index (Phi) is 8.80. The van der Waals surface area contributed by atoms with E-state index in [1.165, 1.54) is 0 Å². The highest BCUT2D eigenvalue weighted by molar-refractivity contribution is 9.10. The summed E-state index contributed by atoms with van der Waals surface area (Å²) in [6, 6.07) is 1.99. The molecular formula is C32H46BrClO7Si2. The van der Waals surface area contributed by atoms with Crippen LogP contribution in [0.2, 0.25) is 28.2 Å². The summed E-state index contributed by atoms with van der Waals surface area (Å²) in [4.78, 5) is 27.5. The van der Waals surface area contributed by atoms with Gasteiger partial charge < -0.3 is 22.8 Å². The first kappa shape index (κ1) is 34.3. The molecule has 0 amide bonds. The Morgan fingerprint density at radius 2 is 1.60 bits per heavy atom. The van der Waals surface area contributed by atoms with Crippen LogP contribution in [0.4, 0.5) is 0 Å². The van der Waals surface area contributed by atoms with Crippen molar-refractivity contribution < 1.29 is 32.3 Å². The second-order valence-corrected chi connectivity index (χ2v) is 25.8. The number of hydrogen-bond donors (Lipinski definition) is 0. The molecule has 2 aromatic rings. The van der Waals surface area contributed by atoms with Crippen LogP contribution in [0, 0.1) is 6.92 Å². The van der Waals surface area contributed by atoms with Gasteiger partial charge in [-0.1, -0.05) is 62.3 Å². The van der Waals surface area contributed by atoms with Crippen molar-refractivity contribution >= 4 is 66.9 Å². The predicted octanol–water partition coefficient (Wildman–Crippen LogP) is 9.53. The highest BCUT2D eigenvalue weighted by atomic mass is 79.9. The van der Waals surface area contributed by atoms with Gasteiger partial charge in [0.25, 0.3) is 0 Å². The molecule has 0 spiro atoms. The van der Waals surface area contributed by atoms with Gasteiger partial charge in [0.2, 0.25) is 0 Å². The van der Waals surface area contributed by atoms with Crippen molar-refractivity contribution in [3.63, 3.8) is 0 Å². The number of rotatable bonds is 5. The van der Waals surface area contributed by atoms with Crippen LogP contribution in [0.25, 0.3) is 10.8 Å². The Morgan fingerprint density at radius 3 is 2.09 bits per heavy atom. The van der Waals surface area contributed by atoms with Crippen LogP contribution in [0.15, 0.2) is 10.5 Å². The lowest BCUT2D eigenvalue weighted by Gasteiger charge is -2.51. The molecule has 43 heavy (non-hydrogen) atoms. The zero-order valence-corrected chi connectivity index (χ0v) is 32.1. The average Bonchev–Trinajstić information content (AvgIpc) is 2.86. The highest BCUT2D eigenvalue weighted by Gasteiger charge is 2.65. The normalized spacial score (nSPS) is 20.3. The number of Topliss-reactive ketones (excluding diaryl/α,β-unsaturated/α-hetero) is 1. The van der Waals surface area contributed by atoms with Crippen molar-refractivity contribution in [3.8, 4) is 17.2 Å². The van der Waals surface area contributed by atoms with Gasteiger partial charge in [0.05, 0.1) is 22.5 Å². The van der Waals surface area contributed by atoms with Gasteiger partial charge in [-0.05, 0) is 52.6 Å². The number of carbonyl (C=O) groups is 2. The molecule has 1 aliphatic heterocycles. The minimum Gasteiger partial charge on any atom is -0.510 e. The maximum atomic E-state index is 14.8. The van der Waals surface area contributed by atoms with Crippen molar-refractivity contribution in [1.29, 1.82) is 0 Å². The molecule has 7 nitrogen and oxygen atoms in total. The van der Waals surface area contributed by atoms with Crippen LogP contribution in [0.3, 0.4) is 0 Å². The lowest BCUT2D eigenvalue weighted by molar-refractivity contribution is -0.147. The van der Waals surface area contributed by atoms with Gasteiger partial charge >= 0.3 is 14.5 Å². The Labute approximate surface area is 271 Å². The van der Waals surface area contributed by atoms with Gasteiger partial charge in [-0.3, -0.25) is 9.59 Å². The highest BCUT2D eigenvalue weighted by Crippen LogP contribution is 2.62. The maximum Gasteiger partial charge on any atom is 0.471 e. The van der Waals surface area contributed by atoms with Crippen molar-refractivity contribution in [2.75, 3.05) is 13.0 Å². The molecule has 0 N–H and O–H groups in total. The Morgan fingerprint density at radius 1 is 1.05 bits per heavy atom. The first-order valence-electron chi connectivity index (χ1n) is 14.7. The summed E-state index contributed by atoms with van der Waals surface area (Å²) in [5, 5.41) is 0.440. The number of fused-ring (bicyclic) bond motifs is 2. The van der Waals surface area contributed by atoms with Crippen molar-refractivity contribution in [2.24, 2.45) is 0 Å². The van der Waals surface area contributed by atoms with Crippen molar-refractivity contribution in [2.45, 2.75) is 116 Å².